The zero-order chi connectivity index (χ0) is 16.3. The van der Waals surface area contributed by atoms with Crippen LogP contribution in [-0.2, 0) is 10.2 Å². The first-order chi connectivity index (χ1) is 10.3. The molecule has 0 bridgehead atoms. The Morgan fingerprint density at radius 2 is 1.91 bits per heavy atom. The molecule has 0 radical (unpaired) electrons. The summed E-state index contributed by atoms with van der Waals surface area (Å²) in [5.74, 6) is 0.316. The van der Waals surface area contributed by atoms with E-state index in [1.54, 1.807) is 0 Å². The van der Waals surface area contributed by atoms with Crippen LogP contribution in [0.5, 0.6) is 0 Å². The maximum Gasteiger partial charge on any atom is 0.227 e. The van der Waals surface area contributed by atoms with Crippen molar-refractivity contribution >= 4 is 18.3 Å². The van der Waals surface area contributed by atoms with Gasteiger partial charge in [-0.15, -0.1) is 12.4 Å². The maximum atomic E-state index is 12.6. The monoisotopic (exact) mass is 338 g/mol. The predicted octanol–water partition coefficient (Wildman–Crippen LogP) is 3.92. The lowest BCUT2D eigenvalue weighted by molar-refractivity contribution is -0.135. The van der Waals surface area contributed by atoms with Crippen LogP contribution in [0.25, 0.3) is 0 Å². The van der Waals surface area contributed by atoms with E-state index in [1.807, 2.05) is 14.0 Å². The first-order valence-corrected chi connectivity index (χ1v) is 8.40. The van der Waals surface area contributed by atoms with E-state index < -0.39 is 0 Å². The van der Waals surface area contributed by atoms with E-state index in [1.165, 1.54) is 11.1 Å². The van der Waals surface area contributed by atoms with E-state index in [4.69, 9.17) is 0 Å². The molecule has 2 atom stereocenters. The first-order valence-electron chi connectivity index (χ1n) is 8.40. The molecule has 1 N–H and O–H groups in total. The highest BCUT2D eigenvalue weighted by Crippen LogP contribution is 2.34. The number of likely N-dealkylation sites (tertiary alicyclic amines) is 1. The van der Waals surface area contributed by atoms with Gasteiger partial charge in [-0.3, -0.25) is 4.79 Å². The van der Waals surface area contributed by atoms with Gasteiger partial charge in [-0.05, 0) is 36.4 Å². The number of benzene rings is 1. The molecule has 0 spiro atoms. The van der Waals surface area contributed by atoms with Gasteiger partial charge in [-0.1, -0.05) is 52.0 Å². The highest BCUT2D eigenvalue weighted by Gasteiger charge is 2.32. The molecule has 2 rings (SSSR count). The standard InChI is InChI=1S/C19H30N2O.ClH/c1-14(13-20-5)18(22)21-12-6-7-17(21)15-8-10-16(11-9-15)19(2,3)4;/h8-11,14,17,20H,6-7,12-13H2,1-5H3;1H. The van der Waals surface area contributed by atoms with Gasteiger partial charge < -0.3 is 10.2 Å². The van der Waals surface area contributed by atoms with Crippen LogP contribution in [0.3, 0.4) is 0 Å². The molecule has 1 fully saturated rings. The number of carbonyl (C=O) groups excluding carboxylic acids is 1. The van der Waals surface area contributed by atoms with Crippen molar-refractivity contribution in [1.29, 1.82) is 0 Å². The van der Waals surface area contributed by atoms with E-state index in [9.17, 15) is 4.79 Å². The highest BCUT2D eigenvalue weighted by molar-refractivity contribution is 5.85. The summed E-state index contributed by atoms with van der Waals surface area (Å²) in [6.07, 6.45) is 2.18. The van der Waals surface area contributed by atoms with Gasteiger partial charge in [0, 0.05) is 19.0 Å². The van der Waals surface area contributed by atoms with Crippen LogP contribution in [0, 0.1) is 5.92 Å². The molecule has 0 aromatic heterocycles. The minimum atomic E-state index is 0. The molecule has 23 heavy (non-hydrogen) atoms. The Morgan fingerprint density at radius 1 is 1.30 bits per heavy atom. The van der Waals surface area contributed by atoms with Gasteiger partial charge in [-0.25, -0.2) is 0 Å². The average Bonchev–Trinajstić information content (AvgIpc) is 2.95. The van der Waals surface area contributed by atoms with Crippen molar-refractivity contribution in [2.45, 2.75) is 52.0 Å². The topological polar surface area (TPSA) is 32.3 Å². The number of amides is 1. The smallest absolute Gasteiger partial charge is 0.227 e. The van der Waals surface area contributed by atoms with Crippen molar-refractivity contribution in [3.8, 4) is 0 Å². The van der Waals surface area contributed by atoms with Gasteiger partial charge >= 0.3 is 0 Å². The molecule has 2 unspecified atom stereocenters. The summed E-state index contributed by atoms with van der Waals surface area (Å²) in [4.78, 5) is 14.7. The summed E-state index contributed by atoms with van der Waals surface area (Å²) in [6, 6.07) is 9.10. The summed E-state index contributed by atoms with van der Waals surface area (Å²) in [7, 11) is 1.90. The Bertz CT molecular complexity index is 507. The summed E-state index contributed by atoms with van der Waals surface area (Å²) in [5.41, 5.74) is 2.79. The molecule has 1 aliphatic heterocycles. The third kappa shape index (κ3) is 4.71. The molecule has 1 saturated heterocycles. The predicted molar refractivity (Wildman–Crippen MR) is 99.2 cm³/mol. The molecular formula is C19H31ClN2O. The SMILES string of the molecule is CNCC(C)C(=O)N1CCCC1c1ccc(C(C)(C)C)cc1.Cl. The Morgan fingerprint density at radius 3 is 2.43 bits per heavy atom. The van der Waals surface area contributed by atoms with E-state index >= 15 is 0 Å². The summed E-state index contributed by atoms with van der Waals surface area (Å²) < 4.78 is 0. The molecule has 0 aliphatic carbocycles. The first kappa shape index (κ1) is 20.0. The third-order valence-corrected chi connectivity index (χ3v) is 4.63. The number of rotatable bonds is 4. The zero-order valence-corrected chi connectivity index (χ0v) is 15.9. The molecule has 130 valence electrons. The number of hydrogen-bond acceptors (Lipinski definition) is 2. The van der Waals surface area contributed by atoms with E-state index in [0.29, 0.717) is 0 Å². The number of hydrogen-bond donors (Lipinski definition) is 1. The fourth-order valence-corrected chi connectivity index (χ4v) is 3.26. The summed E-state index contributed by atoms with van der Waals surface area (Å²) in [5, 5.41) is 3.10. The summed E-state index contributed by atoms with van der Waals surface area (Å²) >= 11 is 0. The second-order valence-corrected chi connectivity index (χ2v) is 7.52. The van der Waals surface area contributed by atoms with Crippen LogP contribution in [0.4, 0.5) is 0 Å². The van der Waals surface area contributed by atoms with Crippen LogP contribution < -0.4 is 5.32 Å². The largest absolute Gasteiger partial charge is 0.335 e. The van der Waals surface area contributed by atoms with Gasteiger partial charge in [0.15, 0.2) is 0 Å². The van der Waals surface area contributed by atoms with Crippen molar-refractivity contribution < 1.29 is 4.79 Å². The molecule has 1 heterocycles. The van der Waals surface area contributed by atoms with Gasteiger partial charge in [0.05, 0.1) is 6.04 Å². The molecular weight excluding hydrogens is 308 g/mol. The fraction of sp³-hybridized carbons (Fsp3) is 0.632. The molecule has 1 aromatic rings. The van der Waals surface area contributed by atoms with E-state index in [2.05, 4.69) is 55.3 Å². The molecule has 3 nitrogen and oxygen atoms in total. The highest BCUT2D eigenvalue weighted by atomic mass is 35.5. The second kappa shape index (κ2) is 8.16. The van der Waals surface area contributed by atoms with Crippen molar-refractivity contribution in [2.75, 3.05) is 20.1 Å². The number of halogens is 1. The van der Waals surface area contributed by atoms with Gasteiger partial charge in [0.1, 0.15) is 0 Å². The minimum Gasteiger partial charge on any atom is -0.335 e. The summed E-state index contributed by atoms with van der Waals surface area (Å²) in [6.45, 7) is 10.3. The molecule has 4 heteroatoms. The van der Waals surface area contributed by atoms with Gasteiger partial charge in [0.2, 0.25) is 5.91 Å². The molecule has 1 aromatic carbocycles. The lowest BCUT2D eigenvalue weighted by atomic mass is 9.86. The van der Waals surface area contributed by atoms with Crippen molar-refractivity contribution in [3.63, 3.8) is 0 Å². The van der Waals surface area contributed by atoms with Crippen LogP contribution in [0.2, 0.25) is 0 Å². The van der Waals surface area contributed by atoms with Crippen molar-refractivity contribution in [3.05, 3.63) is 35.4 Å². The molecule has 1 aliphatic rings. The van der Waals surface area contributed by atoms with Gasteiger partial charge in [-0.2, -0.15) is 0 Å². The number of carbonyl (C=O) groups is 1. The second-order valence-electron chi connectivity index (χ2n) is 7.52. The van der Waals surface area contributed by atoms with Crippen molar-refractivity contribution in [2.24, 2.45) is 5.92 Å². The molecule has 0 saturated carbocycles. The number of nitrogens with one attached hydrogen (secondary N) is 1. The van der Waals surface area contributed by atoms with Crippen LogP contribution in [0.15, 0.2) is 24.3 Å². The minimum absolute atomic E-state index is 0. The van der Waals surface area contributed by atoms with Crippen LogP contribution in [-0.4, -0.2) is 30.9 Å². The van der Waals surface area contributed by atoms with Crippen molar-refractivity contribution in [1.82, 2.24) is 10.2 Å². The number of nitrogens with zero attached hydrogens (tertiary/aromatic N) is 1. The van der Waals surface area contributed by atoms with E-state index in [-0.39, 0.29) is 35.7 Å². The fourth-order valence-electron chi connectivity index (χ4n) is 3.26. The molecule has 1 amide bonds. The van der Waals surface area contributed by atoms with E-state index in [0.717, 1.165) is 25.9 Å². The zero-order valence-electron chi connectivity index (χ0n) is 15.1. The lowest BCUT2D eigenvalue weighted by Gasteiger charge is -2.28. The Kier molecular flexibility index (Phi) is 7.09. The maximum absolute atomic E-state index is 12.6. The lowest BCUT2D eigenvalue weighted by Crippen LogP contribution is -2.38. The normalized spacial score (nSPS) is 19.3. The Balaban J connectivity index is 0.00000264. The third-order valence-electron chi connectivity index (χ3n) is 4.63. The quantitative estimate of drug-likeness (QED) is 0.902. The Hall–Kier alpha value is -1.06. The van der Waals surface area contributed by atoms with Crippen LogP contribution in [0.1, 0.15) is 57.7 Å². The van der Waals surface area contributed by atoms with Gasteiger partial charge in [0.25, 0.3) is 0 Å². The Labute approximate surface area is 147 Å². The van der Waals surface area contributed by atoms with Crippen LogP contribution >= 0.6 is 12.4 Å². The average molecular weight is 339 g/mol.